The van der Waals surface area contributed by atoms with Crippen LogP contribution in [0.2, 0.25) is 0 Å². The molecule has 1 aromatic carbocycles. The second kappa shape index (κ2) is 8.29. The Bertz CT molecular complexity index is 443. The van der Waals surface area contributed by atoms with E-state index in [1.165, 1.54) is 0 Å². The first-order valence-corrected chi connectivity index (χ1v) is 6.43. The average Bonchev–Trinajstić information content (AvgIpc) is 2.44. The van der Waals surface area contributed by atoms with Gasteiger partial charge in [0.2, 0.25) is 0 Å². The van der Waals surface area contributed by atoms with Crippen LogP contribution in [0.1, 0.15) is 28.8 Å². The van der Waals surface area contributed by atoms with Crippen molar-refractivity contribution < 1.29 is 14.3 Å². The quantitative estimate of drug-likeness (QED) is 0.332. The van der Waals surface area contributed by atoms with Crippen LogP contribution in [0, 0.1) is 0 Å². The number of hydrogen-bond acceptors (Lipinski definition) is 5. The lowest BCUT2D eigenvalue weighted by Crippen LogP contribution is -2.29. The van der Waals surface area contributed by atoms with Crippen LogP contribution < -0.4 is 11.3 Å². The zero-order chi connectivity index (χ0) is 15.0. The summed E-state index contributed by atoms with van der Waals surface area (Å²) in [5.41, 5.74) is 3.35. The summed E-state index contributed by atoms with van der Waals surface area (Å²) in [5.74, 6) is 4.47. The monoisotopic (exact) mass is 279 g/mol. The molecule has 3 N–H and O–H groups in total. The average molecular weight is 279 g/mol. The smallest absolute Gasteiger partial charge is 0.306 e. The Hall–Kier alpha value is -1.92. The van der Waals surface area contributed by atoms with E-state index in [0.29, 0.717) is 12.0 Å². The zero-order valence-corrected chi connectivity index (χ0v) is 11.9. The molecule has 0 saturated heterocycles. The van der Waals surface area contributed by atoms with Gasteiger partial charge < -0.3 is 9.64 Å². The SMILES string of the molecule is CN(C)CCCC(=O)OCc1ccc(C(=O)NN)cc1. The van der Waals surface area contributed by atoms with Crippen LogP contribution in [0.5, 0.6) is 0 Å². The number of benzene rings is 1. The normalized spacial score (nSPS) is 10.4. The maximum absolute atomic E-state index is 11.5. The maximum atomic E-state index is 11.5. The van der Waals surface area contributed by atoms with Crippen molar-refractivity contribution in [2.75, 3.05) is 20.6 Å². The molecule has 0 aliphatic carbocycles. The highest BCUT2D eigenvalue weighted by Gasteiger charge is 2.05. The molecule has 0 heterocycles. The number of carbonyl (C=O) groups is 2. The minimum absolute atomic E-state index is 0.212. The van der Waals surface area contributed by atoms with Gasteiger partial charge in [-0.2, -0.15) is 0 Å². The second-order valence-electron chi connectivity index (χ2n) is 4.74. The fourth-order valence-electron chi connectivity index (χ4n) is 1.61. The molecule has 0 aromatic heterocycles. The summed E-state index contributed by atoms with van der Waals surface area (Å²) in [6.45, 7) is 1.07. The van der Waals surface area contributed by atoms with E-state index in [-0.39, 0.29) is 18.5 Å². The third-order valence-corrected chi connectivity index (χ3v) is 2.73. The zero-order valence-electron chi connectivity index (χ0n) is 11.9. The van der Waals surface area contributed by atoms with Crippen molar-refractivity contribution in [1.29, 1.82) is 0 Å². The molecule has 0 spiro atoms. The fourth-order valence-corrected chi connectivity index (χ4v) is 1.61. The van der Waals surface area contributed by atoms with Crippen molar-refractivity contribution in [2.24, 2.45) is 5.84 Å². The highest BCUT2D eigenvalue weighted by molar-refractivity contribution is 5.93. The lowest BCUT2D eigenvalue weighted by atomic mass is 10.1. The van der Waals surface area contributed by atoms with E-state index < -0.39 is 0 Å². The van der Waals surface area contributed by atoms with Gasteiger partial charge in [0.1, 0.15) is 6.61 Å². The van der Waals surface area contributed by atoms with Crippen molar-refractivity contribution in [2.45, 2.75) is 19.4 Å². The van der Waals surface area contributed by atoms with E-state index in [1.807, 2.05) is 19.0 Å². The predicted octanol–water partition coefficient (Wildman–Crippen LogP) is 0.675. The van der Waals surface area contributed by atoms with Crippen LogP contribution in [-0.4, -0.2) is 37.4 Å². The molecule has 110 valence electrons. The van der Waals surface area contributed by atoms with Crippen molar-refractivity contribution in [1.82, 2.24) is 10.3 Å². The van der Waals surface area contributed by atoms with Crippen LogP contribution in [0.4, 0.5) is 0 Å². The van der Waals surface area contributed by atoms with Gasteiger partial charge in [0.25, 0.3) is 5.91 Å². The van der Waals surface area contributed by atoms with Crippen LogP contribution in [-0.2, 0) is 16.1 Å². The molecule has 6 nitrogen and oxygen atoms in total. The first kappa shape index (κ1) is 16.1. The Morgan fingerprint density at radius 2 is 1.90 bits per heavy atom. The lowest BCUT2D eigenvalue weighted by Gasteiger charge is -2.09. The van der Waals surface area contributed by atoms with Crippen molar-refractivity contribution in [3.8, 4) is 0 Å². The largest absolute Gasteiger partial charge is 0.461 e. The molecule has 6 heteroatoms. The Kier molecular flexibility index (Phi) is 6.69. The molecule has 0 unspecified atom stereocenters. The predicted molar refractivity (Wildman–Crippen MR) is 75.7 cm³/mol. The number of amides is 1. The summed E-state index contributed by atoms with van der Waals surface area (Å²) in [7, 11) is 3.93. The third kappa shape index (κ3) is 5.81. The number of ether oxygens (including phenoxy) is 1. The number of carbonyl (C=O) groups excluding carboxylic acids is 2. The summed E-state index contributed by atoms with van der Waals surface area (Å²) in [4.78, 5) is 24.8. The molecule has 0 bridgehead atoms. The van der Waals surface area contributed by atoms with E-state index in [2.05, 4.69) is 5.43 Å². The van der Waals surface area contributed by atoms with Crippen LogP contribution in [0.25, 0.3) is 0 Å². The number of nitrogens with two attached hydrogens (primary N) is 1. The van der Waals surface area contributed by atoms with Crippen molar-refractivity contribution in [3.63, 3.8) is 0 Å². The van der Waals surface area contributed by atoms with Gasteiger partial charge in [-0.15, -0.1) is 0 Å². The molecule has 0 aliphatic heterocycles. The molecular weight excluding hydrogens is 258 g/mol. The third-order valence-electron chi connectivity index (χ3n) is 2.73. The molecule has 20 heavy (non-hydrogen) atoms. The number of hydrogen-bond donors (Lipinski definition) is 2. The Labute approximate surface area is 118 Å². The molecule has 0 radical (unpaired) electrons. The summed E-state index contributed by atoms with van der Waals surface area (Å²) in [5, 5.41) is 0. The number of hydrazine groups is 1. The molecule has 0 fully saturated rings. The van der Waals surface area contributed by atoms with Crippen LogP contribution in [0.15, 0.2) is 24.3 Å². The standard InChI is InChI=1S/C14H21N3O3/c1-17(2)9-3-4-13(18)20-10-11-5-7-12(8-6-11)14(19)16-15/h5-8H,3-4,9-10,15H2,1-2H3,(H,16,19). The molecular formula is C14H21N3O3. The van der Waals surface area contributed by atoms with E-state index in [0.717, 1.165) is 18.5 Å². The number of nitrogens with one attached hydrogen (secondary N) is 1. The van der Waals surface area contributed by atoms with Gasteiger partial charge in [0, 0.05) is 12.0 Å². The first-order chi connectivity index (χ1) is 9.52. The summed E-state index contributed by atoms with van der Waals surface area (Å²) >= 11 is 0. The van der Waals surface area contributed by atoms with Gasteiger partial charge in [-0.25, -0.2) is 5.84 Å². The summed E-state index contributed by atoms with van der Waals surface area (Å²) in [6, 6.07) is 6.74. The molecule has 0 aliphatic rings. The van der Waals surface area contributed by atoms with Crippen LogP contribution in [0.3, 0.4) is 0 Å². The summed E-state index contributed by atoms with van der Waals surface area (Å²) in [6.07, 6.45) is 1.19. The topological polar surface area (TPSA) is 84.7 Å². The first-order valence-electron chi connectivity index (χ1n) is 6.43. The van der Waals surface area contributed by atoms with E-state index in [4.69, 9.17) is 10.6 Å². The molecule has 1 aromatic rings. The van der Waals surface area contributed by atoms with Gasteiger partial charge >= 0.3 is 5.97 Å². The minimum Gasteiger partial charge on any atom is -0.461 e. The highest BCUT2D eigenvalue weighted by atomic mass is 16.5. The Balaban J connectivity index is 2.34. The fraction of sp³-hybridized carbons (Fsp3) is 0.429. The minimum atomic E-state index is -0.350. The highest BCUT2D eigenvalue weighted by Crippen LogP contribution is 2.06. The van der Waals surface area contributed by atoms with Gasteiger partial charge in [-0.1, -0.05) is 12.1 Å². The van der Waals surface area contributed by atoms with Crippen LogP contribution >= 0.6 is 0 Å². The van der Waals surface area contributed by atoms with Gasteiger partial charge in [0.15, 0.2) is 0 Å². The number of nitrogens with zero attached hydrogens (tertiary/aromatic N) is 1. The Morgan fingerprint density at radius 3 is 2.45 bits per heavy atom. The number of nitrogen functional groups attached to an aromatic ring is 1. The molecule has 1 rings (SSSR count). The van der Waals surface area contributed by atoms with E-state index >= 15 is 0 Å². The summed E-state index contributed by atoms with van der Waals surface area (Å²) < 4.78 is 5.15. The Morgan fingerprint density at radius 1 is 1.25 bits per heavy atom. The molecule has 1 amide bonds. The lowest BCUT2D eigenvalue weighted by molar-refractivity contribution is -0.145. The second-order valence-corrected chi connectivity index (χ2v) is 4.74. The van der Waals surface area contributed by atoms with Gasteiger partial charge in [-0.3, -0.25) is 15.0 Å². The molecule has 0 saturated carbocycles. The van der Waals surface area contributed by atoms with Crippen molar-refractivity contribution >= 4 is 11.9 Å². The number of esters is 1. The molecule has 0 atom stereocenters. The van der Waals surface area contributed by atoms with E-state index in [9.17, 15) is 9.59 Å². The maximum Gasteiger partial charge on any atom is 0.306 e. The van der Waals surface area contributed by atoms with Gasteiger partial charge in [0.05, 0.1) is 0 Å². The van der Waals surface area contributed by atoms with Crippen molar-refractivity contribution in [3.05, 3.63) is 35.4 Å². The van der Waals surface area contributed by atoms with E-state index in [1.54, 1.807) is 24.3 Å². The van der Waals surface area contributed by atoms with Gasteiger partial charge in [-0.05, 0) is 44.8 Å². The number of rotatable bonds is 7.